The van der Waals surface area contributed by atoms with Gasteiger partial charge in [0, 0.05) is 18.5 Å². The SMILES string of the molecule is CC(C)(C)OC(=O)N1CCC(CC(=O)O)CC1(C)C. The van der Waals surface area contributed by atoms with Crippen LogP contribution in [0.5, 0.6) is 0 Å². The number of carboxylic acid groups (broad SMARTS) is 1. The van der Waals surface area contributed by atoms with Crippen molar-refractivity contribution < 1.29 is 19.4 Å². The fourth-order valence-electron chi connectivity index (χ4n) is 2.61. The number of piperidine rings is 1. The van der Waals surface area contributed by atoms with Crippen LogP contribution in [0.3, 0.4) is 0 Å². The summed E-state index contributed by atoms with van der Waals surface area (Å²) in [6.45, 7) is 10.0. The molecule has 1 heterocycles. The molecule has 0 bridgehead atoms. The molecule has 1 unspecified atom stereocenters. The minimum Gasteiger partial charge on any atom is -0.481 e. The van der Waals surface area contributed by atoms with E-state index < -0.39 is 11.6 Å². The van der Waals surface area contributed by atoms with Crippen molar-refractivity contribution in [2.24, 2.45) is 5.92 Å². The summed E-state index contributed by atoms with van der Waals surface area (Å²) >= 11 is 0. The maximum Gasteiger partial charge on any atom is 0.410 e. The lowest BCUT2D eigenvalue weighted by Gasteiger charge is -2.45. The Labute approximate surface area is 114 Å². The minimum absolute atomic E-state index is 0.131. The Morgan fingerprint density at radius 2 is 1.95 bits per heavy atom. The molecule has 5 nitrogen and oxygen atoms in total. The van der Waals surface area contributed by atoms with Gasteiger partial charge in [-0.15, -0.1) is 0 Å². The molecule has 0 aromatic rings. The molecule has 0 spiro atoms. The number of nitrogens with zero attached hydrogens (tertiary/aromatic N) is 1. The van der Waals surface area contributed by atoms with Gasteiger partial charge in [0.25, 0.3) is 0 Å². The van der Waals surface area contributed by atoms with E-state index in [-0.39, 0.29) is 24.0 Å². The summed E-state index contributed by atoms with van der Waals surface area (Å²) in [7, 11) is 0. The number of likely N-dealkylation sites (tertiary alicyclic amines) is 1. The van der Waals surface area contributed by atoms with E-state index in [9.17, 15) is 9.59 Å². The molecule has 0 aromatic carbocycles. The average molecular weight is 271 g/mol. The maximum atomic E-state index is 12.1. The number of rotatable bonds is 2. The first kappa shape index (κ1) is 15.8. The number of ether oxygens (including phenoxy) is 1. The van der Waals surface area contributed by atoms with E-state index >= 15 is 0 Å². The van der Waals surface area contributed by atoms with E-state index in [1.165, 1.54) is 0 Å². The normalized spacial score (nSPS) is 23.0. The molecule has 1 saturated heterocycles. The third-order valence-electron chi connectivity index (χ3n) is 3.36. The Morgan fingerprint density at radius 1 is 1.37 bits per heavy atom. The van der Waals surface area contributed by atoms with Gasteiger partial charge in [0.05, 0.1) is 0 Å². The van der Waals surface area contributed by atoms with Crippen LogP contribution in [0.15, 0.2) is 0 Å². The number of aliphatic carboxylic acids is 1. The first-order valence-electron chi connectivity index (χ1n) is 6.74. The zero-order valence-corrected chi connectivity index (χ0v) is 12.5. The van der Waals surface area contributed by atoms with Crippen LogP contribution < -0.4 is 0 Å². The minimum atomic E-state index is -0.772. The summed E-state index contributed by atoms with van der Waals surface area (Å²) in [6.07, 6.45) is 1.27. The molecule has 1 atom stereocenters. The molecule has 0 radical (unpaired) electrons. The van der Waals surface area contributed by atoms with Crippen LogP contribution in [-0.4, -0.2) is 39.8 Å². The van der Waals surface area contributed by atoms with Gasteiger partial charge in [-0.25, -0.2) is 4.79 Å². The lowest BCUT2D eigenvalue weighted by atomic mass is 9.81. The molecular weight excluding hydrogens is 246 g/mol. The second kappa shape index (κ2) is 5.39. The Morgan fingerprint density at radius 3 is 2.37 bits per heavy atom. The van der Waals surface area contributed by atoms with Crippen molar-refractivity contribution >= 4 is 12.1 Å². The predicted octanol–water partition coefficient (Wildman–Crippen LogP) is 2.89. The third kappa shape index (κ3) is 4.73. The van der Waals surface area contributed by atoms with Gasteiger partial charge in [-0.1, -0.05) is 0 Å². The summed E-state index contributed by atoms with van der Waals surface area (Å²) in [6, 6.07) is 0. The van der Waals surface area contributed by atoms with Gasteiger partial charge in [-0.2, -0.15) is 0 Å². The quantitative estimate of drug-likeness (QED) is 0.838. The first-order valence-corrected chi connectivity index (χ1v) is 6.74. The van der Waals surface area contributed by atoms with Crippen LogP contribution in [0.2, 0.25) is 0 Å². The number of carboxylic acids is 1. The van der Waals surface area contributed by atoms with Gasteiger partial charge >= 0.3 is 12.1 Å². The molecule has 0 aliphatic carbocycles. The van der Waals surface area contributed by atoms with E-state index in [0.29, 0.717) is 13.0 Å². The first-order chi connectivity index (χ1) is 8.51. The number of carbonyl (C=O) groups is 2. The Kier molecular flexibility index (Phi) is 4.48. The summed E-state index contributed by atoms with van der Waals surface area (Å²) < 4.78 is 5.40. The number of carbonyl (C=O) groups excluding carboxylic acids is 1. The second-order valence-corrected chi connectivity index (χ2v) is 6.90. The van der Waals surface area contributed by atoms with Crippen molar-refractivity contribution in [1.82, 2.24) is 4.90 Å². The lowest BCUT2D eigenvalue weighted by molar-refractivity contribution is -0.138. The smallest absolute Gasteiger partial charge is 0.410 e. The second-order valence-electron chi connectivity index (χ2n) is 6.90. The van der Waals surface area contributed by atoms with Crippen LogP contribution in [0.1, 0.15) is 53.9 Å². The van der Waals surface area contributed by atoms with E-state index in [4.69, 9.17) is 9.84 Å². The lowest BCUT2D eigenvalue weighted by Crippen LogP contribution is -2.54. The number of hydrogen-bond acceptors (Lipinski definition) is 3. The topological polar surface area (TPSA) is 66.8 Å². The molecule has 0 aromatic heterocycles. The highest BCUT2D eigenvalue weighted by atomic mass is 16.6. The van der Waals surface area contributed by atoms with Gasteiger partial charge in [-0.05, 0) is 53.4 Å². The van der Waals surface area contributed by atoms with Crippen molar-refractivity contribution in [2.75, 3.05) is 6.54 Å². The Hall–Kier alpha value is -1.26. The largest absolute Gasteiger partial charge is 0.481 e. The summed E-state index contributed by atoms with van der Waals surface area (Å²) in [5.74, 6) is -0.641. The van der Waals surface area contributed by atoms with Crippen LogP contribution in [0, 0.1) is 5.92 Å². The van der Waals surface area contributed by atoms with E-state index in [1.54, 1.807) is 4.90 Å². The molecule has 1 amide bonds. The summed E-state index contributed by atoms with van der Waals surface area (Å²) in [5, 5.41) is 8.86. The van der Waals surface area contributed by atoms with E-state index in [0.717, 1.165) is 6.42 Å². The third-order valence-corrected chi connectivity index (χ3v) is 3.36. The molecule has 0 saturated carbocycles. The molecular formula is C14H25NO4. The van der Waals surface area contributed by atoms with Crippen molar-refractivity contribution in [1.29, 1.82) is 0 Å². The number of hydrogen-bond donors (Lipinski definition) is 1. The fraction of sp³-hybridized carbons (Fsp3) is 0.857. The van der Waals surface area contributed by atoms with Gasteiger partial charge in [0.1, 0.15) is 5.60 Å². The van der Waals surface area contributed by atoms with E-state index in [1.807, 2.05) is 34.6 Å². The highest BCUT2D eigenvalue weighted by Gasteiger charge is 2.39. The van der Waals surface area contributed by atoms with Crippen LogP contribution in [-0.2, 0) is 9.53 Å². The molecule has 1 aliphatic rings. The van der Waals surface area contributed by atoms with Gasteiger partial charge in [0.2, 0.25) is 0 Å². The van der Waals surface area contributed by atoms with Crippen molar-refractivity contribution in [3.63, 3.8) is 0 Å². The monoisotopic (exact) mass is 271 g/mol. The zero-order chi connectivity index (χ0) is 14.8. The van der Waals surface area contributed by atoms with Gasteiger partial charge in [0.15, 0.2) is 0 Å². The molecule has 110 valence electrons. The Bertz CT molecular complexity index is 357. The van der Waals surface area contributed by atoms with E-state index in [2.05, 4.69) is 0 Å². The predicted molar refractivity (Wildman–Crippen MR) is 72.0 cm³/mol. The number of amides is 1. The van der Waals surface area contributed by atoms with Crippen molar-refractivity contribution in [2.45, 2.75) is 65.0 Å². The molecule has 1 N–H and O–H groups in total. The van der Waals surface area contributed by atoms with Gasteiger partial charge in [-0.3, -0.25) is 4.79 Å². The average Bonchev–Trinajstić information content (AvgIpc) is 2.11. The summed E-state index contributed by atoms with van der Waals surface area (Å²) in [4.78, 5) is 24.6. The maximum absolute atomic E-state index is 12.1. The zero-order valence-electron chi connectivity index (χ0n) is 12.5. The van der Waals surface area contributed by atoms with Crippen LogP contribution in [0.4, 0.5) is 4.79 Å². The summed E-state index contributed by atoms with van der Waals surface area (Å²) in [5.41, 5.74) is -0.869. The van der Waals surface area contributed by atoms with Crippen molar-refractivity contribution in [3.8, 4) is 0 Å². The highest BCUT2D eigenvalue weighted by Crippen LogP contribution is 2.34. The molecule has 1 rings (SSSR count). The standard InChI is InChI=1S/C14H25NO4/c1-13(2,3)19-12(18)15-7-6-10(8-11(16)17)9-14(15,4)5/h10H,6-9H2,1-5H3,(H,16,17). The molecule has 19 heavy (non-hydrogen) atoms. The molecule has 1 aliphatic heterocycles. The fourth-order valence-corrected chi connectivity index (χ4v) is 2.61. The molecule has 1 fully saturated rings. The van der Waals surface area contributed by atoms with Crippen LogP contribution in [0.25, 0.3) is 0 Å². The van der Waals surface area contributed by atoms with Gasteiger partial charge < -0.3 is 14.7 Å². The molecule has 5 heteroatoms. The van der Waals surface area contributed by atoms with Crippen molar-refractivity contribution in [3.05, 3.63) is 0 Å². The van der Waals surface area contributed by atoms with Crippen LogP contribution >= 0.6 is 0 Å². The Balaban J connectivity index is 2.68. The highest BCUT2D eigenvalue weighted by molar-refractivity contribution is 5.70.